The first-order valence-electron chi connectivity index (χ1n) is 10.2. The number of benzene rings is 2. The smallest absolute Gasteiger partial charge is 0.184 e. The average molecular weight is 401 g/mol. The fourth-order valence-electron chi connectivity index (χ4n) is 3.07. The van der Waals surface area contributed by atoms with Crippen molar-refractivity contribution in [3.63, 3.8) is 0 Å². The van der Waals surface area contributed by atoms with Gasteiger partial charge >= 0.3 is 0 Å². The van der Waals surface area contributed by atoms with E-state index < -0.39 is 15.1 Å². The van der Waals surface area contributed by atoms with Crippen LogP contribution < -0.4 is 0 Å². The van der Waals surface area contributed by atoms with Crippen molar-refractivity contribution >= 4 is 9.84 Å². The molecule has 0 amide bonds. The largest absolute Gasteiger partial charge is 0.497 e. The summed E-state index contributed by atoms with van der Waals surface area (Å²) < 4.78 is 31.8. The van der Waals surface area contributed by atoms with E-state index in [-0.39, 0.29) is 0 Å². The molecule has 0 saturated carbocycles. The van der Waals surface area contributed by atoms with Crippen LogP contribution in [-0.4, -0.2) is 13.7 Å². The zero-order chi connectivity index (χ0) is 20.2. The van der Waals surface area contributed by atoms with E-state index in [2.05, 4.69) is 6.92 Å². The Morgan fingerprint density at radius 3 is 2.29 bits per heavy atom. The second kappa shape index (κ2) is 11.7. The van der Waals surface area contributed by atoms with Crippen molar-refractivity contribution in [2.45, 2.75) is 69.1 Å². The van der Waals surface area contributed by atoms with Crippen LogP contribution in [0.25, 0.3) is 0 Å². The summed E-state index contributed by atoms with van der Waals surface area (Å²) in [6.07, 6.45) is 9.37. The minimum atomic E-state index is -3.42. The minimum absolute atomic E-state index is 0.379. The summed E-state index contributed by atoms with van der Waals surface area (Å²) in [5.74, 6) is 0. The molecule has 0 spiro atoms. The molecular formula is C24H32O3S. The van der Waals surface area contributed by atoms with E-state index in [0.717, 1.165) is 30.4 Å². The monoisotopic (exact) mass is 400 g/mol. The summed E-state index contributed by atoms with van der Waals surface area (Å²) in [4.78, 5) is 0.379. The van der Waals surface area contributed by atoms with Gasteiger partial charge in [0.15, 0.2) is 9.84 Å². The molecule has 0 radical (unpaired) electrons. The molecule has 4 heteroatoms. The lowest BCUT2D eigenvalue weighted by molar-refractivity contribution is 0.235. The number of hydrogen-bond acceptors (Lipinski definition) is 3. The van der Waals surface area contributed by atoms with Gasteiger partial charge in [-0.3, -0.25) is 0 Å². The van der Waals surface area contributed by atoms with Crippen molar-refractivity contribution in [1.82, 2.24) is 0 Å². The highest BCUT2D eigenvalue weighted by atomic mass is 32.2. The van der Waals surface area contributed by atoms with Gasteiger partial charge in [0.25, 0.3) is 0 Å². The molecule has 0 N–H and O–H groups in total. The Hall–Kier alpha value is -2.07. The molecule has 0 bridgehead atoms. The van der Waals surface area contributed by atoms with E-state index in [1.807, 2.05) is 49.4 Å². The van der Waals surface area contributed by atoms with Crippen molar-refractivity contribution in [2.24, 2.45) is 0 Å². The van der Waals surface area contributed by atoms with Gasteiger partial charge in [-0.15, -0.1) is 0 Å². The van der Waals surface area contributed by atoms with Gasteiger partial charge in [0.05, 0.1) is 16.4 Å². The average Bonchev–Trinajstić information content (AvgIpc) is 2.70. The number of aryl methyl sites for hydroxylation is 1. The summed E-state index contributed by atoms with van der Waals surface area (Å²) in [6.45, 7) is 4.57. The zero-order valence-corrected chi connectivity index (χ0v) is 17.8. The number of sulfone groups is 1. The summed E-state index contributed by atoms with van der Waals surface area (Å²) in [5.41, 5.74) is 2.11. The van der Waals surface area contributed by atoms with Crippen LogP contribution in [0.15, 0.2) is 71.8 Å². The highest BCUT2D eigenvalue weighted by molar-refractivity contribution is 7.92. The Morgan fingerprint density at radius 2 is 1.61 bits per heavy atom. The molecule has 0 heterocycles. The van der Waals surface area contributed by atoms with Crippen LogP contribution >= 0.6 is 0 Å². The molecule has 0 aromatic heterocycles. The lowest BCUT2D eigenvalue weighted by Crippen LogP contribution is -2.19. The Labute approximate surface area is 170 Å². The SMILES string of the molecule is CCCCCCCC(/C=C/OCc1ccccc1)S(=O)(=O)c1ccc(C)cc1. The van der Waals surface area contributed by atoms with Crippen LogP contribution in [0.5, 0.6) is 0 Å². The third kappa shape index (κ3) is 7.16. The molecule has 0 fully saturated rings. The van der Waals surface area contributed by atoms with E-state index >= 15 is 0 Å². The number of ether oxygens (including phenoxy) is 1. The maximum atomic E-state index is 13.1. The Kier molecular flexibility index (Phi) is 9.29. The molecule has 1 unspecified atom stereocenters. The second-order valence-electron chi connectivity index (χ2n) is 7.22. The normalized spacial score (nSPS) is 12.9. The summed E-state index contributed by atoms with van der Waals surface area (Å²) in [6, 6.07) is 17.0. The first kappa shape index (κ1) is 22.2. The highest BCUT2D eigenvalue weighted by Gasteiger charge is 2.25. The van der Waals surface area contributed by atoms with Crippen LogP contribution in [0, 0.1) is 6.92 Å². The van der Waals surface area contributed by atoms with Gasteiger partial charge in [-0.25, -0.2) is 8.42 Å². The minimum Gasteiger partial charge on any atom is -0.497 e. The van der Waals surface area contributed by atoms with E-state index in [1.54, 1.807) is 24.5 Å². The molecule has 0 aliphatic rings. The van der Waals surface area contributed by atoms with Crippen LogP contribution in [0.2, 0.25) is 0 Å². The standard InChI is InChI=1S/C24H32O3S/c1-3-4-5-6-10-13-23(18-19-27-20-22-11-8-7-9-12-22)28(25,26)24-16-14-21(2)15-17-24/h7-9,11-12,14-19,23H,3-6,10,13,20H2,1-2H3/b19-18+. The number of rotatable bonds is 12. The van der Waals surface area contributed by atoms with Crippen molar-refractivity contribution in [3.05, 3.63) is 78.1 Å². The predicted octanol–water partition coefficient (Wildman–Crippen LogP) is 6.23. The first-order chi connectivity index (χ1) is 13.5. The Morgan fingerprint density at radius 1 is 0.929 bits per heavy atom. The van der Waals surface area contributed by atoms with Crippen molar-refractivity contribution in [1.29, 1.82) is 0 Å². The van der Waals surface area contributed by atoms with Crippen LogP contribution in [0.1, 0.15) is 56.6 Å². The second-order valence-corrected chi connectivity index (χ2v) is 9.39. The van der Waals surface area contributed by atoms with Gasteiger partial charge < -0.3 is 4.74 Å². The summed E-state index contributed by atoms with van der Waals surface area (Å²) in [5, 5.41) is -0.562. The van der Waals surface area contributed by atoms with Crippen LogP contribution in [0.3, 0.4) is 0 Å². The fourth-order valence-corrected chi connectivity index (χ4v) is 4.68. The first-order valence-corrected chi connectivity index (χ1v) is 11.7. The summed E-state index contributed by atoms with van der Waals surface area (Å²) >= 11 is 0. The van der Waals surface area contributed by atoms with Crippen molar-refractivity contribution in [3.8, 4) is 0 Å². The quantitative estimate of drug-likeness (QED) is 0.313. The molecular weight excluding hydrogens is 368 g/mol. The van der Waals surface area contributed by atoms with E-state index in [4.69, 9.17) is 4.74 Å². The molecule has 2 aromatic rings. The van der Waals surface area contributed by atoms with Gasteiger partial charge in [-0.2, -0.15) is 0 Å². The van der Waals surface area contributed by atoms with E-state index in [1.165, 1.54) is 12.8 Å². The lowest BCUT2D eigenvalue weighted by atomic mass is 10.1. The van der Waals surface area contributed by atoms with Gasteiger partial charge in [0.1, 0.15) is 6.61 Å². The predicted molar refractivity (Wildman–Crippen MR) is 116 cm³/mol. The molecule has 0 saturated heterocycles. The molecule has 0 aliphatic heterocycles. The van der Waals surface area contributed by atoms with Crippen LogP contribution in [0.4, 0.5) is 0 Å². The molecule has 2 aromatic carbocycles. The van der Waals surface area contributed by atoms with Gasteiger partial charge in [0, 0.05) is 0 Å². The van der Waals surface area contributed by atoms with Gasteiger partial charge in [-0.1, -0.05) is 87.1 Å². The molecule has 1 atom stereocenters. The number of hydrogen-bond donors (Lipinski definition) is 0. The maximum Gasteiger partial charge on any atom is 0.184 e. The molecule has 3 nitrogen and oxygen atoms in total. The Balaban J connectivity index is 2.04. The summed E-state index contributed by atoms with van der Waals surface area (Å²) in [7, 11) is -3.42. The molecule has 0 aliphatic carbocycles. The van der Waals surface area contributed by atoms with Crippen molar-refractivity contribution in [2.75, 3.05) is 0 Å². The van der Waals surface area contributed by atoms with Crippen LogP contribution in [-0.2, 0) is 21.2 Å². The maximum absolute atomic E-state index is 13.1. The fraction of sp³-hybridized carbons (Fsp3) is 0.417. The third-order valence-electron chi connectivity index (χ3n) is 4.82. The zero-order valence-electron chi connectivity index (χ0n) is 17.0. The van der Waals surface area contributed by atoms with Gasteiger partial charge in [0.2, 0.25) is 0 Å². The van der Waals surface area contributed by atoms with Gasteiger partial charge in [-0.05, 0) is 37.1 Å². The third-order valence-corrected chi connectivity index (χ3v) is 6.94. The topological polar surface area (TPSA) is 43.4 Å². The lowest BCUT2D eigenvalue weighted by Gasteiger charge is -2.15. The molecule has 2 rings (SSSR count). The highest BCUT2D eigenvalue weighted by Crippen LogP contribution is 2.22. The molecule has 28 heavy (non-hydrogen) atoms. The van der Waals surface area contributed by atoms with Crippen molar-refractivity contribution < 1.29 is 13.2 Å². The van der Waals surface area contributed by atoms with E-state index in [9.17, 15) is 8.42 Å². The molecule has 152 valence electrons. The number of unbranched alkanes of at least 4 members (excludes halogenated alkanes) is 4. The Bertz CT molecular complexity index is 809. The van der Waals surface area contributed by atoms with E-state index in [0.29, 0.717) is 17.9 Å².